The molecule has 0 radical (unpaired) electrons. The van der Waals surface area contributed by atoms with Crippen LogP contribution in [-0.2, 0) is 23.9 Å². The Morgan fingerprint density at radius 2 is 1.77 bits per heavy atom. The summed E-state index contributed by atoms with van der Waals surface area (Å²) in [6.07, 6.45) is -2.90. The van der Waals surface area contributed by atoms with Gasteiger partial charge in [-0.2, -0.15) is 13.2 Å². The zero-order valence-corrected chi connectivity index (χ0v) is 16.8. The number of piperidine rings is 1. The van der Waals surface area contributed by atoms with Crippen LogP contribution in [0.5, 0.6) is 0 Å². The Morgan fingerprint density at radius 1 is 1.10 bits per heavy atom. The summed E-state index contributed by atoms with van der Waals surface area (Å²) in [6.45, 7) is 0.747. The maximum absolute atomic E-state index is 12.3. The van der Waals surface area contributed by atoms with Gasteiger partial charge in [-0.1, -0.05) is 13.3 Å². The number of ether oxygens (including phenoxy) is 1. The lowest BCUT2D eigenvalue weighted by molar-refractivity contribution is -0.173. The molecule has 1 aliphatic heterocycles. The predicted octanol–water partition coefficient (Wildman–Crippen LogP) is 2.26. The van der Waals surface area contributed by atoms with Gasteiger partial charge >= 0.3 is 24.0 Å². The second-order valence-electron chi connectivity index (χ2n) is 7.50. The third-order valence-corrected chi connectivity index (χ3v) is 4.87. The maximum atomic E-state index is 12.3. The number of carbonyl (C=O) groups is 4. The van der Waals surface area contributed by atoms with Gasteiger partial charge in [0.05, 0.1) is 19.4 Å². The highest BCUT2D eigenvalue weighted by Crippen LogP contribution is 2.31. The molecule has 0 aromatic carbocycles. The van der Waals surface area contributed by atoms with E-state index < -0.39 is 29.4 Å². The van der Waals surface area contributed by atoms with Crippen LogP contribution < -0.4 is 5.32 Å². The van der Waals surface area contributed by atoms with Crippen LogP contribution in [0, 0.1) is 5.41 Å². The van der Waals surface area contributed by atoms with E-state index in [0.29, 0.717) is 45.2 Å². The van der Waals surface area contributed by atoms with Crippen molar-refractivity contribution in [3.63, 3.8) is 0 Å². The molecule has 1 rings (SSSR count). The number of likely N-dealkylation sites (tertiary alicyclic amines) is 1. The number of hydrogen-bond donors (Lipinski definition) is 2. The zero-order valence-electron chi connectivity index (χ0n) is 17.8. The molecule has 1 aliphatic rings. The zero-order chi connectivity index (χ0) is 23.5. The Morgan fingerprint density at radius 3 is 2.33 bits per heavy atom. The van der Waals surface area contributed by atoms with E-state index in [0.717, 1.165) is 0 Å². The van der Waals surface area contributed by atoms with Gasteiger partial charge in [-0.3, -0.25) is 19.2 Å². The van der Waals surface area contributed by atoms with Crippen molar-refractivity contribution in [1.82, 2.24) is 10.2 Å². The topological polar surface area (TPSA) is 113 Å². The molecule has 8 nitrogen and oxygen atoms in total. The molecule has 0 aliphatic carbocycles. The van der Waals surface area contributed by atoms with Crippen molar-refractivity contribution in [3.8, 4) is 0 Å². The van der Waals surface area contributed by atoms with Crippen LogP contribution in [0.3, 0.4) is 0 Å². The first-order valence-corrected chi connectivity index (χ1v) is 9.78. The summed E-state index contributed by atoms with van der Waals surface area (Å²) in [7, 11) is 0. The van der Waals surface area contributed by atoms with Crippen molar-refractivity contribution in [2.24, 2.45) is 5.41 Å². The Bertz CT molecular complexity index is 637. The van der Waals surface area contributed by atoms with Crippen LogP contribution in [0.15, 0.2) is 0 Å². The largest absolute Gasteiger partial charge is 0.481 e. The van der Waals surface area contributed by atoms with Gasteiger partial charge < -0.3 is 20.1 Å². The molecule has 0 unspecified atom stereocenters. The number of carbonyl (C=O) groups excluding carboxylic acids is 3. The molecule has 0 spiro atoms. The highest BCUT2D eigenvalue weighted by molar-refractivity contribution is 5.81. The molecule has 0 aromatic heterocycles. The number of carboxylic acids is 1. The van der Waals surface area contributed by atoms with Gasteiger partial charge in [-0.05, 0) is 25.7 Å². The summed E-state index contributed by atoms with van der Waals surface area (Å²) in [6, 6.07) is 0. The monoisotopic (exact) mass is 440 g/mol. The first-order chi connectivity index (χ1) is 14.5. The van der Waals surface area contributed by atoms with Gasteiger partial charge in [0.25, 0.3) is 0 Å². The number of alkyl halides is 3. The fourth-order valence-corrected chi connectivity index (χ4v) is 2.93. The number of esters is 1. The Balaban J connectivity index is 2.26. The van der Waals surface area contributed by atoms with Crippen molar-refractivity contribution >= 4 is 23.8 Å². The summed E-state index contributed by atoms with van der Waals surface area (Å²) in [4.78, 5) is 46.7. The van der Waals surface area contributed by atoms with Crippen LogP contribution in [0.25, 0.3) is 0 Å². The van der Waals surface area contributed by atoms with Gasteiger partial charge in [0.1, 0.15) is 0 Å². The average molecular weight is 440 g/mol. The van der Waals surface area contributed by atoms with E-state index in [2.05, 4.69) is 0 Å². The summed E-state index contributed by atoms with van der Waals surface area (Å²) in [5.41, 5.74) is -0.563. The van der Waals surface area contributed by atoms with Crippen LogP contribution in [0.2, 0.25) is 0 Å². The van der Waals surface area contributed by atoms with E-state index in [1.807, 2.05) is 0 Å². The van der Waals surface area contributed by atoms with Crippen LogP contribution in [-0.4, -0.2) is 66.2 Å². The summed E-state index contributed by atoms with van der Waals surface area (Å²) in [5.74, 6) is -3.77. The number of nitrogens with one attached hydrogen (secondary N) is 1. The highest BCUT2D eigenvalue weighted by Gasteiger charge is 2.38. The van der Waals surface area contributed by atoms with E-state index in [4.69, 9.17) is 11.2 Å². The van der Waals surface area contributed by atoms with Crippen molar-refractivity contribution in [2.75, 3.05) is 26.2 Å². The SMILES string of the molecule is [3H]CC1(COC(=O)CCC(=O)O)CCN(C(=O)CCCCCNC(=O)C(F)(F)F)CC1. The molecule has 172 valence electrons. The van der Waals surface area contributed by atoms with E-state index >= 15 is 0 Å². The molecular weight excluding hydrogens is 409 g/mol. The molecule has 2 amide bonds. The molecule has 1 heterocycles. The number of nitrogens with zero attached hydrogens (tertiary/aromatic N) is 1. The second-order valence-corrected chi connectivity index (χ2v) is 7.50. The first-order valence-electron chi connectivity index (χ1n) is 10.5. The van der Waals surface area contributed by atoms with Crippen LogP contribution in [0.1, 0.15) is 59.6 Å². The van der Waals surface area contributed by atoms with Gasteiger partial charge in [0.15, 0.2) is 0 Å². The van der Waals surface area contributed by atoms with Crippen molar-refractivity contribution in [2.45, 2.75) is 64.4 Å². The minimum Gasteiger partial charge on any atom is -0.481 e. The lowest BCUT2D eigenvalue weighted by atomic mass is 9.81. The summed E-state index contributed by atoms with van der Waals surface area (Å²) >= 11 is 0. The fraction of sp³-hybridized carbons (Fsp3) is 0.789. The summed E-state index contributed by atoms with van der Waals surface area (Å²) in [5, 5.41) is 10.4. The molecule has 0 saturated carbocycles. The highest BCUT2D eigenvalue weighted by atomic mass is 19.4. The van der Waals surface area contributed by atoms with Crippen LogP contribution in [0.4, 0.5) is 13.2 Å². The number of amides is 2. The Hall–Kier alpha value is -2.33. The smallest absolute Gasteiger partial charge is 0.471 e. The van der Waals surface area contributed by atoms with E-state index in [1.54, 1.807) is 10.2 Å². The lowest BCUT2D eigenvalue weighted by Gasteiger charge is -2.39. The quantitative estimate of drug-likeness (QED) is 0.376. The first kappa shape index (κ1) is 23.9. The number of aliphatic carboxylic acids is 1. The lowest BCUT2D eigenvalue weighted by Crippen LogP contribution is -2.44. The number of rotatable bonds is 11. The third kappa shape index (κ3) is 9.93. The molecule has 0 aromatic rings. The molecule has 1 saturated heterocycles. The van der Waals surface area contributed by atoms with Crippen LogP contribution >= 0.6 is 0 Å². The molecule has 0 bridgehead atoms. The van der Waals surface area contributed by atoms with E-state index in [1.165, 1.54) is 0 Å². The number of hydrogen-bond acceptors (Lipinski definition) is 5. The number of unbranched alkanes of at least 4 members (excludes halogenated alkanes) is 2. The van der Waals surface area contributed by atoms with Gasteiger partial charge in [0.2, 0.25) is 5.91 Å². The molecule has 2 N–H and O–H groups in total. The van der Waals surface area contributed by atoms with Gasteiger partial charge in [-0.15, -0.1) is 0 Å². The van der Waals surface area contributed by atoms with Crippen molar-refractivity contribution < 1.29 is 43.6 Å². The summed E-state index contributed by atoms with van der Waals surface area (Å²) < 4.78 is 49.1. The minimum atomic E-state index is -4.89. The van der Waals surface area contributed by atoms with E-state index in [9.17, 15) is 32.3 Å². The standard InChI is InChI=1S/C19H29F3N2O6/c1-18(13-30-16(28)7-6-15(26)27)8-11-24(12-9-18)14(25)5-3-2-4-10-23-17(29)19(20,21)22/h2-13H2,1H3,(H,23,29)(H,26,27)/i1T. The number of halogens is 3. The number of carboxylic acid groups (broad SMARTS) is 1. The van der Waals surface area contributed by atoms with Gasteiger partial charge in [-0.25, -0.2) is 0 Å². The second kappa shape index (κ2) is 11.8. The van der Waals surface area contributed by atoms with Crippen molar-refractivity contribution in [1.29, 1.82) is 0 Å². The minimum absolute atomic E-state index is 0.0145. The molecule has 0 atom stereocenters. The van der Waals surface area contributed by atoms with Crippen molar-refractivity contribution in [3.05, 3.63) is 0 Å². The molecule has 1 fully saturated rings. The Kier molecular flexibility index (Phi) is 9.38. The molecule has 30 heavy (non-hydrogen) atoms. The third-order valence-electron chi connectivity index (χ3n) is 4.87. The Labute approximate surface area is 174 Å². The predicted molar refractivity (Wildman–Crippen MR) is 99.3 cm³/mol. The normalized spacial score (nSPS) is 16.5. The molecular formula is C19H29F3N2O6. The van der Waals surface area contributed by atoms with E-state index in [-0.39, 0.29) is 45.2 Å². The molecule has 11 heteroatoms. The maximum Gasteiger partial charge on any atom is 0.471 e. The fourth-order valence-electron chi connectivity index (χ4n) is 2.93. The van der Waals surface area contributed by atoms with Gasteiger partial charge in [0, 0.05) is 32.8 Å². The average Bonchev–Trinajstić information content (AvgIpc) is 2.72.